The van der Waals surface area contributed by atoms with E-state index in [1.165, 1.54) is 17.4 Å². The molecule has 1 aliphatic rings. The van der Waals surface area contributed by atoms with E-state index in [9.17, 15) is 15.2 Å². The summed E-state index contributed by atoms with van der Waals surface area (Å²) in [6, 6.07) is 1.50. The zero-order valence-electron chi connectivity index (χ0n) is 11.3. The number of rotatable bonds is 3. The number of aliphatic hydroxyl groups is 1. The Labute approximate surface area is 120 Å². The third kappa shape index (κ3) is 3.21. The molecule has 0 aliphatic carbocycles. The van der Waals surface area contributed by atoms with Gasteiger partial charge in [-0.1, -0.05) is 0 Å². The van der Waals surface area contributed by atoms with Crippen LogP contribution in [0.4, 0.5) is 10.7 Å². The van der Waals surface area contributed by atoms with Crippen LogP contribution < -0.4 is 4.90 Å². The SMILES string of the molecule is C[C@@H](O)c1cc([N+](=O)[O-])c(N2CCSC(C)(C)C2)s1. The molecule has 0 aromatic carbocycles. The Kier molecular flexibility index (Phi) is 4.08. The van der Waals surface area contributed by atoms with Crippen LogP contribution in [0.3, 0.4) is 0 Å². The van der Waals surface area contributed by atoms with Crippen LogP contribution in [0.25, 0.3) is 0 Å². The molecule has 0 bridgehead atoms. The molecule has 1 N–H and O–H groups in total. The smallest absolute Gasteiger partial charge is 0.304 e. The number of aliphatic hydroxyl groups excluding tert-OH is 1. The van der Waals surface area contributed by atoms with Gasteiger partial charge >= 0.3 is 5.69 Å². The molecule has 0 unspecified atom stereocenters. The largest absolute Gasteiger partial charge is 0.388 e. The van der Waals surface area contributed by atoms with Crippen molar-refractivity contribution in [1.82, 2.24) is 0 Å². The second kappa shape index (κ2) is 5.30. The van der Waals surface area contributed by atoms with Crippen LogP contribution in [-0.2, 0) is 0 Å². The van der Waals surface area contributed by atoms with Crippen LogP contribution in [0, 0.1) is 10.1 Å². The van der Waals surface area contributed by atoms with Crippen molar-refractivity contribution >= 4 is 33.8 Å². The van der Waals surface area contributed by atoms with Crippen LogP contribution >= 0.6 is 23.1 Å². The maximum Gasteiger partial charge on any atom is 0.304 e. The molecular formula is C12H18N2O3S2. The third-order valence-corrected chi connectivity index (χ3v) is 5.69. The van der Waals surface area contributed by atoms with E-state index in [0.717, 1.165) is 18.8 Å². The summed E-state index contributed by atoms with van der Waals surface area (Å²) in [5.41, 5.74) is 0.114. The zero-order valence-corrected chi connectivity index (χ0v) is 12.9. The van der Waals surface area contributed by atoms with Crippen LogP contribution in [0.1, 0.15) is 31.8 Å². The van der Waals surface area contributed by atoms with E-state index in [2.05, 4.69) is 18.7 Å². The van der Waals surface area contributed by atoms with E-state index in [0.29, 0.717) is 9.88 Å². The monoisotopic (exact) mass is 302 g/mol. The van der Waals surface area contributed by atoms with Crippen LogP contribution in [-0.4, -0.2) is 33.6 Å². The minimum absolute atomic E-state index is 0.0983. The van der Waals surface area contributed by atoms with Gasteiger partial charge in [0.15, 0.2) is 5.00 Å². The zero-order chi connectivity index (χ0) is 14.2. The van der Waals surface area contributed by atoms with Crippen molar-refractivity contribution in [3.63, 3.8) is 0 Å². The molecule has 0 amide bonds. The van der Waals surface area contributed by atoms with Gasteiger partial charge in [-0.3, -0.25) is 10.1 Å². The fraction of sp³-hybridized carbons (Fsp3) is 0.667. The average Bonchev–Trinajstić information content (AvgIpc) is 2.72. The Morgan fingerprint density at radius 2 is 2.26 bits per heavy atom. The highest BCUT2D eigenvalue weighted by Gasteiger charge is 2.32. The molecule has 106 valence electrons. The van der Waals surface area contributed by atoms with Gasteiger partial charge in [-0.05, 0) is 20.8 Å². The average molecular weight is 302 g/mol. The molecule has 1 saturated heterocycles. The van der Waals surface area contributed by atoms with E-state index >= 15 is 0 Å². The summed E-state index contributed by atoms with van der Waals surface area (Å²) in [7, 11) is 0. The Hall–Kier alpha value is -0.790. The van der Waals surface area contributed by atoms with Gasteiger partial charge in [0.1, 0.15) is 0 Å². The molecule has 0 spiro atoms. The third-order valence-electron chi connectivity index (χ3n) is 3.03. The van der Waals surface area contributed by atoms with Crippen molar-refractivity contribution in [2.75, 3.05) is 23.7 Å². The first-order valence-electron chi connectivity index (χ1n) is 6.15. The second-order valence-electron chi connectivity index (χ2n) is 5.30. The molecule has 2 heterocycles. The van der Waals surface area contributed by atoms with Gasteiger partial charge in [-0.15, -0.1) is 11.3 Å². The Morgan fingerprint density at radius 3 is 2.79 bits per heavy atom. The first-order chi connectivity index (χ1) is 8.80. The minimum Gasteiger partial charge on any atom is -0.388 e. The normalized spacial score (nSPS) is 20.3. The van der Waals surface area contributed by atoms with E-state index in [4.69, 9.17) is 0 Å². The molecule has 5 nitrogen and oxygen atoms in total. The molecule has 0 radical (unpaired) electrons. The predicted octanol–water partition coefficient (Wildman–Crippen LogP) is 3.04. The highest BCUT2D eigenvalue weighted by Crippen LogP contribution is 2.43. The van der Waals surface area contributed by atoms with Crippen molar-refractivity contribution in [1.29, 1.82) is 0 Å². The fourth-order valence-corrected chi connectivity index (χ4v) is 4.34. The van der Waals surface area contributed by atoms with Gasteiger partial charge in [0.2, 0.25) is 0 Å². The van der Waals surface area contributed by atoms with E-state index in [1.807, 2.05) is 11.8 Å². The van der Waals surface area contributed by atoms with Gasteiger partial charge in [0.05, 0.1) is 11.0 Å². The Morgan fingerprint density at radius 1 is 1.58 bits per heavy atom. The maximum absolute atomic E-state index is 11.2. The minimum atomic E-state index is -0.662. The van der Waals surface area contributed by atoms with Crippen LogP contribution in [0.15, 0.2) is 6.07 Å². The summed E-state index contributed by atoms with van der Waals surface area (Å²) in [4.78, 5) is 13.5. The lowest BCUT2D eigenvalue weighted by atomic mass is 10.2. The van der Waals surface area contributed by atoms with Crippen molar-refractivity contribution in [3.8, 4) is 0 Å². The predicted molar refractivity (Wildman–Crippen MR) is 80.4 cm³/mol. The maximum atomic E-state index is 11.2. The lowest BCUT2D eigenvalue weighted by Gasteiger charge is -2.37. The van der Waals surface area contributed by atoms with Crippen LogP contribution in [0.5, 0.6) is 0 Å². The number of thioether (sulfide) groups is 1. The van der Waals surface area contributed by atoms with Gasteiger partial charge in [0.25, 0.3) is 0 Å². The quantitative estimate of drug-likeness (QED) is 0.686. The number of nitrogens with zero attached hydrogens (tertiary/aromatic N) is 2. The number of hydrogen-bond donors (Lipinski definition) is 1. The molecular weight excluding hydrogens is 284 g/mol. The Balaban J connectivity index is 2.35. The lowest BCUT2D eigenvalue weighted by molar-refractivity contribution is -0.383. The molecule has 7 heteroatoms. The van der Waals surface area contributed by atoms with E-state index < -0.39 is 6.10 Å². The molecule has 1 aromatic rings. The number of hydrogen-bond acceptors (Lipinski definition) is 6. The van der Waals surface area contributed by atoms with E-state index in [-0.39, 0.29) is 15.4 Å². The van der Waals surface area contributed by atoms with E-state index in [1.54, 1.807) is 6.92 Å². The molecule has 1 fully saturated rings. The van der Waals surface area contributed by atoms with Gasteiger partial charge in [-0.2, -0.15) is 11.8 Å². The highest BCUT2D eigenvalue weighted by atomic mass is 32.2. The Bertz CT molecular complexity index is 485. The summed E-state index contributed by atoms with van der Waals surface area (Å²) in [6.07, 6.45) is -0.662. The molecule has 1 aliphatic heterocycles. The molecule has 1 aromatic heterocycles. The first kappa shape index (κ1) is 14.6. The summed E-state index contributed by atoms with van der Waals surface area (Å²) in [5, 5.41) is 21.4. The van der Waals surface area contributed by atoms with Gasteiger partial charge in [0, 0.05) is 34.5 Å². The molecule has 2 rings (SSSR count). The number of anilines is 1. The first-order valence-corrected chi connectivity index (χ1v) is 7.95. The van der Waals surface area contributed by atoms with Crippen molar-refractivity contribution in [2.45, 2.75) is 31.6 Å². The summed E-state index contributed by atoms with van der Waals surface area (Å²) < 4.78 is 0.0983. The van der Waals surface area contributed by atoms with Crippen molar-refractivity contribution < 1.29 is 10.0 Å². The van der Waals surface area contributed by atoms with Gasteiger partial charge < -0.3 is 10.0 Å². The number of thiophene rings is 1. The summed E-state index contributed by atoms with van der Waals surface area (Å²) >= 11 is 3.22. The fourth-order valence-electron chi connectivity index (χ4n) is 2.14. The van der Waals surface area contributed by atoms with Crippen molar-refractivity contribution in [2.24, 2.45) is 0 Å². The topological polar surface area (TPSA) is 66.6 Å². The summed E-state index contributed by atoms with van der Waals surface area (Å²) in [5.74, 6) is 0.964. The molecule has 19 heavy (non-hydrogen) atoms. The lowest BCUT2D eigenvalue weighted by Crippen LogP contribution is -2.43. The molecule has 0 saturated carbocycles. The standard InChI is InChI=1S/C12H18N2O3S2/c1-8(15)10-6-9(14(16)17)11(19-10)13-4-5-18-12(2,3)7-13/h6,8,15H,4-5,7H2,1-3H3/t8-/m1/s1. The highest BCUT2D eigenvalue weighted by molar-refractivity contribution is 8.00. The van der Waals surface area contributed by atoms with Gasteiger partial charge in [-0.25, -0.2) is 0 Å². The summed E-state index contributed by atoms with van der Waals surface area (Å²) in [6.45, 7) is 7.54. The van der Waals surface area contributed by atoms with Crippen molar-refractivity contribution in [3.05, 3.63) is 21.1 Å². The van der Waals surface area contributed by atoms with Crippen LogP contribution in [0.2, 0.25) is 0 Å². The number of nitro groups is 1. The molecule has 1 atom stereocenters. The second-order valence-corrected chi connectivity index (χ2v) is 8.17.